The second-order valence-electron chi connectivity index (χ2n) is 10.0. The number of nitrogens with zero attached hydrogens (tertiary/aromatic N) is 1. The number of carbonyl (C=O) groups is 1. The first-order valence-corrected chi connectivity index (χ1v) is 14.5. The van der Waals surface area contributed by atoms with Crippen LogP contribution in [0.2, 0.25) is 0 Å². The number of phosphoric ester groups is 1. The fourth-order valence-corrected chi connectivity index (χ4v) is 3.99. The first-order valence-electron chi connectivity index (χ1n) is 13.1. The van der Waals surface area contributed by atoms with Gasteiger partial charge in [-0.25, -0.2) is 0 Å². The second-order valence-corrected chi connectivity index (χ2v) is 11.5. The van der Waals surface area contributed by atoms with E-state index in [9.17, 15) is 19.4 Å². The topological polar surface area (TPSA) is 108 Å². The molecular weight excluding hydrogens is 455 g/mol. The molecular formula is C25H51N2O6P. The van der Waals surface area contributed by atoms with Crippen molar-refractivity contribution < 1.29 is 32.9 Å². The molecule has 0 heterocycles. The van der Waals surface area contributed by atoms with Crippen LogP contribution < -0.4 is 10.2 Å². The molecule has 34 heavy (non-hydrogen) atoms. The molecule has 0 aliphatic carbocycles. The minimum Gasteiger partial charge on any atom is -0.756 e. The van der Waals surface area contributed by atoms with Gasteiger partial charge in [-0.15, -0.1) is 0 Å². The highest BCUT2D eigenvalue weighted by Gasteiger charge is 2.23. The minimum atomic E-state index is -4.54. The summed E-state index contributed by atoms with van der Waals surface area (Å²) in [4.78, 5) is 24.5. The highest BCUT2D eigenvalue weighted by atomic mass is 31.2. The van der Waals surface area contributed by atoms with Gasteiger partial charge in [-0.1, -0.05) is 77.4 Å². The molecule has 0 aliphatic rings. The molecule has 8 nitrogen and oxygen atoms in total. The third kappa shape index (κ3) is 20.6. The SMILES string of the molecule is CCCCCCC/C=C/C(O)C(COP(=O)([O-])OCC[N+](C)(C)C)NC(=O)CCCCCCC. The Labute approximate surface area is 208 Å². The van der Waals surface area contributed by atoms with Crippen LogP contribution in [0.3, 0.4) is 0 Å². The molecule has 0 fully saturated rings. The molecule has 2 N–H and O–H groups in total. The van der Waals surface area contributed by atoms with E-state index in [1.165, 1.54) is 19.3 Å². The number of quaternary nitrogens is 1. The van der Waals surface area contributed by atoms with Gasteiger partial charge in [0.2, 0.25) is 5.91 Å². The fourth-order valence-electron chi connectivity index (χ4n) is 3.26. The Kier molecular flexibility index (Phi) is 19.0. The summed E-state index contributed by atoms with van der Waals surface area (Å²) in [5.74, 6) is -0.219. The van der Waals surface area contributed by atoms with Crippen molar-refractivity contribution in [2.24, 2.45) is 0 Å². The molecule has 0 aromatic carbocycles. The largest absolute Gasteiger partial charge is 0.756 e. The van der Waals surface area contributed by atoms with Crippen LogP contribution in [0.15, 0.2) is 12.2 Å². The van der Waals surface area contributed by atoms with Gasteiger partial charge in [0.25, 0.3) is 7.82 Å². The maximum atomic E-state index is 12.4. The molecule has 0 aromatic rings. The van der Waals surface area contributed by atoms with E-state index in [0.29, 0.717) is 17.4 Å². The monoisotopic (exact) mass is 506 g/mol. The number of nitrogens with one attached hydrogen (secondary N) is 1. The minimum absolute atomic E-state index is 0.000445. The van der Waals surface area contributed by atoms with Crippen molar-refractivity contribution in [1.82, 2.24) is 5.32 Å². The first-order chi connectivity index (χ1) is 16.0. The number of rotatable bonds is 22. The Hall–Kier alpha value is -0.760. The lowest BCUT2D eigenvalue weighted by Crippen LogP contribution is -2.45. The van der Waals surface area contributed by atoms with Crippen molar-refractivity contribution in [3.05, 3.63) is 12.2 Å². The summed E-state index contributed by atoms with van der Waals surface area (Å²) in [5.41, 5.74) is 0. The van der Waals surface area contributed by atoms with Crippen molar-refractivity contribution in [1.29, 1.82) is 0 Å². The number of allylic oxidation sites excluding steroid dienone is 1. The zero-order valence-corrected chi connectivity index (χ0v) is 23.2. The third-order valence-electron chi connectivity index (χ3n) is 5.50. The molecule has 0 saturated heterocycles. The lowest BCUT2D eigenvalue weighted by Gasteiger charge is -2.29. The highest BCUT2D eigenvalue weighted by Crippen LogP contribution is 2.38. The van der Waals surface area contributed by atoms with E-state index in [-0.39, 0.29) is 19.1 Å². The van der Waals surface area contributed by atoms with Crippen molar-refractivity contribution in [3.8, 4) is 0 Å². The molecule has 0 spiro atoms. The number of aliphatic hydroxyl groups is 1. The number of aliphatic hydroxyl groups excluding tert-OH is 1. The zero-order chi connectivity index (χ0) is 25.9. The number of unbranched alkanes of at least 4 members (excludes halogenated alkanes) is 9. The second kappa shape index (κ2) is 19.4. The molecule has 0 radical (unpaired) electrons. The van der Waals surface area contributed by atoms with Gasteiger partial charge in [0, 0.05) is 6.42 Å². The molecule has 0 aliphatic heterocycles. The predicted molar refractivity (Wildman–Crippen MR) is 136 cm³/mol. The van der Waals surface area contributed by atoms with Gasteiger partial charge in [-0.3, -0.25) is 9.36 Å². The average Bonchev–Trinajstić information content (AvgIpc) is 2.74. The quantitative estimate of drug-likeness (QED) is 0.0980. The summed E-state index contributed by atoms with van der Waals surface area (Å²) in [7, 11) is 1.25. The summed E-state index contributed by atoms with van der Waals surface area (Å²) >= 11 is 0. The maximum absolute atomic E-state index is 12.4. The summed E-state index contributed by atoms with van der Waals surface area (Å²) in [5, 5.41) is 13.3. The highest BCUT2D eigenvalue weighted by molar-refractivity contribution is 7.45. The van der Waals surface area contributed by atoms with Crippen LogP contribution in [0.4, 0.5) is 0 Å². The molecule has 0 bridgehead atoms. The zero-order valence-electron chi connectivity index (χ0n) is 22.3. The number of carbonyl (C=O) groups excluding carboxylic acids is 1. The van der Waals surface area contributed by atoms with Crippen LogP contribution in [-0.4, -0.2) is 68.5 Å². The normalized spacial score (nSPS) is 15.9. The third-order valence-corrected chi connectivity index (χ3v) is 6.46. The van der Waals surface area contributed by atoms with E-state index in [1.807, 2.05) is 27.2 Å². The van der Waals surface area contributed by atoms with Crippen molar-refractivity contribution in [2.75, 3.05) is 40.9 Å². The van der Waals surface area contributed by atoms with Crippen molar-refractivity contribution >= 4 is 13.7 Å². The van der Waals surface area contributed by atoms with Crippen LogP contribution in [0.25, 0.3) is 0 Å². The first kappa shape index (κ1) is 33.2. The standard InChI is InChI=1S/C25H51N2O6P/c1-6-8-10-12-13-15-16-18-24(28)23(26-25(29)19-17-14-11-9-7-2)22-33-34(30,31)32-21-20-27(3,4)5/h16,18,23-24,28H,6-15,17,19-22H2,1-5H3,(H-,26,29,30,31)/b18-16+. The summed E-state index contributed by atoms with van der Waals surface area (Å²) in [6, 6.07) is -0.872. The van der Waals surface area contributed by atoms with E-state index in [0.717, 1.165) is 51.4 Å². The van der Waals surface area contributed by atoms with Crippen LogP contribution in [0.1, 0.15) is 90.9 Å². The van der Waals surface area contributed by atoms with E-state index < -0.39 is 20.0 Å². The lowest BCUT2D eigenvalue weighted by atomic mass is 10.1. The van der Waals surface area contributed by atoms with Gasteiger partial charge >= 0.3 is 0 Å². The fraction of sp³-hybridized carbons (Fsp3) is 0.880. The van der Waals surface area contributed by atoms with Crippen LogP contribution in [0.5, 0.6) is 0 Å². The van der Waals surface area contributed by atoms with Crippen LogP contribution in [0, 0.1) is 0 Å². The summed E-state index contributed by atoms with van der Waals surface area (Å²) in [6.07, 6.45) is 14.5. The van der Waals surface area contributed by atoms with Gasteiger partial charge in [-0.2, -0.15) is 0 Å². The van der Waals surface area contributed by atoms with Crippen LogP contribution in [-0.2, 0) is 18.4 Å². The molecule has 3 atom stereocenters. The average molecular weight is 507 g/mol. The molecule has 0 rings (SSSR count). The van der Waals surface area contributed by atoms with Crippen LogP contribution >= 0.6 is 7.82 Å². The number of hydrogen-bond donors (Lipinski definition) is 2. The van der Waals surface area contributed by atoms with E-state index in [1.54, 1.807) is 6.08 Å². The molecule has 3 unspecified atom stereocenters. The van der Waals surface area contributed by atoms with E-state index >= 15 is 0 Å². The van der Waals surface area contributed by atoms with Gasteiger partial charge in [0.05, 0.1) is 39.9 Å². The summed E-state index contributed by atoms with van der Waals surface area (Å²) in [6.45, 7) is 4.43. The lowest BCUT2D eigenvalue weighted by molar-refractivity contribution is -0.870. The van der Waals surface area contributed by atoms with E-state index in [2.05, 4.69) is 19.2 Å². The number of amides is 1. The predicted octanol–water partition coefficient (Wildman–Crippen LogP) is 4.32. The van der Waals surface area contributed by atoms with Gasteiger partial charge < -0.3 is 28.8 Å². The smallest absolute Gasteiger partial charge is 0.268 e. The van der Waals surface area contributed by atoms with E-state index in [4.69, 9.17) is 9.05 Å². The molecule has 0 saturated carbocycles. The Morgan fingerprint density at radius 1 is 1.00 bits per heavy atom. The molecule has 0 aromatic heterocycles. The van der Waals surface area contributed by atoms with Gasteiger partial charge in [0.1, 0.15) is 13.2 Å². The Balaban J connectivity index is 4.78. The van der Waals surface area contributed by atoms with Gasteiger partial charge in [-0.05, 0) is 19.3 Å². The van der Waals surface area contributed by atoms with Crippen molar-refractivity contribution in [2.45, 2.75) is 103 Å². The molecule has 9 heteroatoms. The van der Waals surface area contributed by atoms with Gasteiger partial charge in [0.15, 0.2) is 0 Å². The Morgan fingerprint density at radius 3 is 2.18 bits per heavy atom. The Morgan fingerprint density at radius 2 is 1.59 bits per heavy atom. The molecule has 202 valence electrons. The Bertz CT molecular complexity index is 594. The maximum Gasteiger partial charge on any atom is 0.268 e. The number of hydrogen-bond acceptors (Lipinski definition) is 6. The van der Waals surface area contributed by atoms with Crippen molar-refractivity contribution in [3.63, 3.8) is 0 Å². The number of likely N-dealkylation sites (N-methyl/N-ethyl adjacent to an activating group) is 1. The number of phosphoric acid groups is 1. The summed E-state index contributed by atoms with van der Waals surface area (Å²) < 4.78 is 22.7. The molecule has 1 amide bonds.